The highest BCUT2D eigenvalue weighted by Crippen LogP contribution is 2.29. The number of aryl methyl sites for hydroxylation is 1. The molecular weight excluding hydrogens is 352 g/mol. The zero-order valence-electron chi connectivity index (χ0n) is 16.8. The molecule has 3 rings (SSSR count). The molecule has 1 N–H and O–H groups in total. The predicted octanol–water partition coefficient (Wildman–Crippen LogP) is 3.62. The average molecular weight is 380 g/mol. The molecule has 1 fully saturated rings. The third-order valence-electron chi connectivity index (χ3n) is 5.23. The Hall–Kier alpha value is -2.82. The summed E-state index contributed by atoms with van der Waals surface area (Å²) in [5.74, 6) is 0.851. The van der Waals surface area contributed by atoms with Crippen LogP contribution < -0.4 is 10.1 Å². The Morgan fingerprint density at radius 1 is 1.11 bits per heavy atom. The lowest BCUT2D eigenvalue weighted by Gasteiger charge is -2.23. The summed E-state index contributed by atoms with van der Waals surface area (Å²) in [4.78, 5) is 26.4. The van der Waals surface area contributed by atoms with E-state index in [9.17, 15) is 9.59 Å². The summed E-state index contributed by atoms with van der Waals surface area (Å²) in [7, 11) is 1.62. The van der Waals surface area contributed by atoms with Crippen LogP contribution >= 0.6 is 0 Å². The molecule has 2 aromatic carbocycles. The van der Waals surface area contributed by atoms with Crippen LogP contribution in [-0.4, -0.2) is 36.4 Å². The molecule has 0 atom stereocenters. The lowest BCUT2D eigenvalue weighted by Crippen LogP contribution is -2.33. The van der Waals surface area contributed by atoms with E-state index in [0.29, 0.717) is 31.2 Å². The normalized spacial score (nSPS) is 13.1. The molecule has 0 heterocycles. The van der Waals surface area contributed by atoms with Crippen LogP contribution in [0.15, 0.2) is 42.5 Å². The first-order chi connectivity index (χ1) is 13.5. The fourth-order valence-corrected chi connectivity index (χ4v) is 3.18. The van der Waals surface area contributed by atoms with Crippen LogP contribution in [0.2, 0.25) is 0 Å². The van der Waals surface area contributed by atoms with Crippen molar-refractivity contribution in [3.63, 3.8) is 0 Å². The highest BCUT2D eigenvalue weighted by atomic mass is 16.5. The second-order valence-corrected chi connectivity index (χ2v) is 7.33. The van der Waals surface area contributed by atoms with Crippen molar-refractivity contribution in [2.45, 2.75) is 45.7 Å². The summed E-state index contributed by atoms with van der Waals surface area (Å²) < 4.78 is 5.85. The Bertz CT molecular complexity index is 841. The third-order valence-corrected chi connectivity index (χ3v) is 5.23. The highest BCUT2D eigenvalue weighted by Gasteiger charge is 2.32. The van der Waals surface area contributed by atoms with Gasteiger partial charge >= 0.3 is 0 Å². The van der Waals surface area contributed by atoms with E-state index in [1.165, 1.54) is 5.56 Å². The Morgan fingerprint density at radius 2 is 1.82 bits per heavy atom. The molecule has 0 radical (unpaired) electrons. The van der Waals surface area contributed by atoms with Crippen LogP contribution in [0, 0.1) is 13.8 Å². The molecule has 2 amide bonds. The number of hydrogen-bond donors (Lipinski definition) is 1. The van der Waals surface area contributed by atoms with E-state index < -0.39 is 0 Å². The van der Waals surface area contributed by atoms with E-state index in [1.54, 1.807) is 19.2 Å². The monoisotopic (exact) mass is 380 g/mol. The fourth-order valence-electron chi connectivity index (χ4n) is 3.18. The number of carbonyl (C=O) groups is 2. The van der Waals surface area contributed by atoms with Crippen molar-refractivity contribution in [2.24, 2.45) is 0 Å². The summed E-state index contributed by atoms with van der Waals surface area (Å²) in [6.07, 6.45) is 2.47. The first-order valence-corrected chi connectivity index (χ1v) is 9.79. The van der Waals surface area contributed by atoms with Gasteiger partial charge in [0, 0.05) is 25.2 Å². The van der Waals surface area contributed by atoms with Crippen molar-refractivity contribution < 1.29 is 14.3 Å². The number of amides is 2. The number of benzene rings is 2. The van der Waals surface area contributed by atoms with Gasteiger partial charge in [0.1, 0.15) is 5.75 Å². The van der Waals surface area contributed by atoms with Crippen molar-refractivity contribution in [3.05, 3.63) is 64.7 Å². The lowest BCUT2D eigenvalue weighted by molar-refractivity contribution is -0.132. The molecule has 28 heavy (non-hydrogen) atoms. The molecule has 0 aliphatic heterocycles. The van der Waals surface area contributed by atoms with Crippen molar-refractivity contribution >= 4 is 11.8 Å². The summed E-state index contributed by atoms with van der Waals surface area (Å²) in [5, 5.41) is 2.61. The lowest BCUT2D eigenvalue weighted by atomic mass is 10.1. The Kier molecular flexibility index (Phi) is 6.34. The first kappa shape index (κ1) is 19.9. The topological polar surface area (TPSA) is 58.6 Å². The predicted molar refractivity (Wildman–Crippen MR) is 109 cm³/mol. The maximum atomic E-state index is 12.8. The zero-order valence-corrected chi connectivity index (χ0v) is 16.8. The summed E-state index contributed by atoms with van der Waals surface area (Å²) in [6.45, 7) is 5.03. The maximum absolute atomic E-state index is 12.8. The second kappa shape index (κ2) is 8.91. The largest absolute Gasteiger partial charge is 0.493 e. The van der Waals surface area contributed by atoms with Crippen LogP contribution in [0.1, 0.15) is 46.3 Å². The van der Waals surface area contributed by atoms with E-state index in [-0.39, 0.29) is 11.8 Å². The summed E-state index contributed by atoms with van der Waals surface area (Å²) in [5.41, 5.74) is 3.95. The van der Waals surface area contributed by atoms with E-state index in [4.69, 9.17) is 4.74 Å². The van der Waals surface area contributed by atoms with Gasteiger partial charge in [0.2, 0.25) is 5.91 Å². The van der Waals surface area contributed by atoms with Crippen LogP contribution in [0.3, 0.4) is 0 Å². The van der Waals surface area contributed by atoms with Crippen LogP contribution in [0.25, 0.3) is 0 Å². The second-order valence-electron chi connectivity index (χ2n) is 7.33. The molecule has 1 aliphatic rings. The molecule has 1 aliphatic carbocycles. The van der Waals surface area contributed by atoms with Gasteiger partial charge < -0.3 is 15.0 Å². The molecule has 0 spiro atoms. The van der Waals surface area contributed by atoms with E-state index in [2.05, 4.69) is 18.3 Å². The Balaban J connectivity index is 1.57. The number of ether oxygens (including phenoxy) is 1. The van der Waals surface area contributed by atoms with Crippen molar-refractivity contribution in [1.82, 2.24) is 10.2 Å². The standard InChI is InChI=1S/C23H28N2O3/c1-16-5-4-6-21(17(16)2)28-14-13-22(26)25(20-11-12-20)15-18-7-9-19(10-8-18)23(27)24-3/h4-10,20H,11-15H2,1-3H3,(H,24,27). The number of rotatable bonds is 8. The maximum Gasteiger partial charge on any atom is 0.251 e. The number of hydrogen-bond acceptors (Lipinski definition) is 3. The molecule has 0 aromatic heterocycles. The fraction of sp³-hybridized carbons (Fsp3) is 0.391. The van der Waals surface area contributed by atoms with Gasteiger partial charge in [0.05, 0.1) is 13.0 Å². The van der Waals surface area contributed by atoms with Crippen molar-refractivity contribution in [1.29, 1.82) is 0 Å². The number of nitrogens with zero attached hydrogens (tertiary/aromatic N) is 1. The molecule has 0 bridgehead atoms. The van der Waals surface area contributed by atoms with Crippen molar-refractivity contribution in [3.8, 4) is 5.75 Å². The van der Waals surface area contributed by atoms with Crippen LogP contribution in [-0.2, 0) is 11.3 Å². The zero-order chi connectivity index (χ0) is 20.1. The molecule has 5 heteroatoms. The quantitative estimate of drug-likeness (QED) is 0.761. The molecule has 0 unspecified atom stereocenters. The van der Waals surface area contributed by atoms with E-state index >= 15 is 0 Å². The third kappa shape index (κ3) is 4.91. The summed E-state index contributed by atoms with van der Waals surface area (Å²) >= 11 is 0. The molecule has 2 aromatic rings. The van der Waals surface area contributed by atoms with Gasteiger partial charge in [0.25, 0.3) is 5.91 Å². The molecule has 148 valence electrons. The smallest absolute Gasteiger partial charge is 0.251 e. The molecule has 0 saturated heterocycles. The van der Waals surface area contributed by atoms with Gasteiger partial charge in [-0.05, 0) is 61.6 Å². The van der Waals surface area contributed by atoms with Gasteiger partial charge in [-0.3, -0.25) is 9.59 Å². The minimum Gasteiger partial charge on any atom is -0.493 e. The Labute approximate surface area is 166 Å². The van der Waals surface area contributed by atoms with E-state index in [1.807, 2.05) is 36.1 Å². The van der Waals surface area contributed by atoms with Gasteiger partial charge in [-0.15, -0.1) is 0 Å². The van der Waals surface area contributed by atoms with E-state index in [0.717, 1.165) is 29.7 Å². The van der Waals surface area contributed by atoms with Gasteiger partial charge in [-0.1, -0.05) is 24.3 Å². The SMILES string of the molecule is CNC(=O)c1ccc(CN(C(=O)CCOc2cccc(C)c2C)C2CC2)cc1. The van der Waals surface area contributed by atoms with Gasteiger partial charge in [-0.25, -0.2) is 0 Å². The first-order valence-electron chi connectivity index (χ1n) is 9.79. The van der Waals surface area contributed by atoms with Gasteiger partial charge in [-0.2, -0.15) is 0 Å². The average Bonchev–Trinajstić information content (AvgIpc) is 3.54. The molecular formula is C23H28N2O3. The molecule has 1 saturated carbocycles. The van der Waals surface area contributed by atoms with Crippen LogP contribution in [0.5, 0.6) is 5.75 Å². The molecule has 5 nitrogen and oxygen atoms in total. The summed E-state index contributed by atoms with van der Waals surface area (Å²) in [6, 6.07) is 13.7. The minimum atomic E-state index is -0.106. The van der Waals surface area contributed by atoms with Crippen LogP contribution in [0.4, 0.5) is 0 Å². The number of carbonyl (C=O) groups excluding carboxylic acids is 2. The highest BCUT2D eigenvalue weighted by molar-refractivity contribution is 5.93. The van der Waals surface area contributed by atoms with Crippen molar-refractivity contribution in [2.75, 3.05) is 13.7 Å². The minimum absolute atomic E-state index is 0.106. The number of nitrogens with one attached hydrogen (secondary N) is 1. The van der Waals surface area contributed by atoms with Gasteiger partial charge in [0.15, 0.2) is 0 Å². The Morgan fingerprint density at radius 3 is 2.46 bits per heavy atom.